The third kappa shape index (κ3) is 1.88. The zero-order valence-corrected chi connectivity index (χ0v) is 10.6. The zero-order valence-electron chi connectivity index (χ0n) is 10.6. The summed E-state index contributed by atoms with van der Waals surface area (Å²) in [7, 11) is 0. The van der Waals surface area contributed by atoms with Crippen molar-refractivity contribution in [1.82, 2.24) is 0 Å². The van der Waals surface area contributed by atoms with Gasteiger partial charge in [-0.05, 0) is 30.0 Å². The van der Waals surface area contributed by atoms with E-state index in [-0.39, 0.29) is 11.8 Å². The number of allylic oxidation sites excluding steroid dienone is 2. The summed E-state index contributed by atoms with van der Waals surface area (Å²) in [6.07, 6.45) is 0.832. The first-order valence-corrected chi connectivity index (χ1v) is 5.96. The summed E-state index contributed by atoms with van der Waals surface area (Å²) in [5.74, 6) is -0.729. The Balaban J connectivity index is 2.43. The molecule has 90 valence electrons. The van der Waals surface area contributed by atoms with Crippen LogP contribution in [0.3, 0.4) is 0 Å². The lowest BCUT2D eigenvalue weighted by atomic mass is 9.82. The third-order valence-electron chi connectivity index (χ3n) is 3.90. The fraction of sp³-hybridized carbons (Fsp3) is 0.400. The van der Waals surface area contributed by atoms with Crippen molar-refractivity contribution in [3.05, 3.63) is 41.0 Å². The van der Waals surface area contributed by atoms with Crippen LogP contribution < -0.4 is 0 Å². The minimum absolute atomic E-state index is 0.0322. The summed E-state index contributed by atoms with van der Waals surface area (Å²) in [5.41, 5.74) is 5.10. The van der Waals surface area contributed by atoms with Gasteiger partial charge in [0.25, 0.3) is 0 Å². The normalized spacial score (nSPS) is 17.1. The number of carboxylic acids is 1. The van der Waals surface area contributed by atoms with Crippen LogP contribution in [0.25, 0.3) is 5.57 Å². The Kier molecular flexibility index (Phi) is 2.82. The topological polar surface area (TPSA) is 37.3 Å². The van der Waals surface area contributed by atoms with E-state index in [4.69, 9.17) is 5.11 Å². The first-order valence-electron chi connectivity index (χ1n) is 5.96. The summed E-state index contributed by atoms with van der Waals surface area (Å²) in [6.45, 7) is 6.53. The van der Waals surface area contributed by atoms with Gasteiger partial charge in [-0.15, -0.1) is 0 Å². The number of carbonyl (C=O) groups is 1. The Morgan fingerprint density at radius 3 is 2.59 bits per heavy atom. The Hall–Kier alpha value is -1.57. The number of rotatable bonds is 3. The Morgan fingerprint density at radius 2 is 1.94 bits per heavy atom. The summed E-state index contributed by atoms with van der Waals surface area (Å²) < 4.78 is 0. The van der Waals surface area contributed by atoms with Crippen LogP contribution in [0, 0.1) is 0 Å². The Labute approximate surface area is 102 Å². The molecule has 2 nitrogen and oxygen atoms in total. The van der Waals surface area contributed by atoms with Crippen molar-refractivity contribution in [3.8, 4) is 0 Å². The maximum atomic E-state index is 10.7. The molecular formula is C15H18O2. The van der Waals surface area contributed by atoms with E-state index in [0.717, 1.165) is 0 Å². The van der Waals surface area contributed by atoms with E-state index in [2.05, 4.69) is 32.9 Å². The third-order valence-corrected chi connectivity index (χ3v) is 3.90. The van der Waals surface area contributed by atoms with E-state index in [1.165, 1.54) is 22.3 Å². The minimum Gasteiger partial charge on any atom is -0.481 e. The highest BCUT2D eigenvalue weighted by atomic mass is 16.4. The van der Waals surface area contributed by atoms with Gasteiger partial charge in [-0.3, -0.25) is 4.79 Å². The van der Waals surface area contributed by atoms with Crippen molar-refractivity contribution >= 4 is 11.5 Å². The highest BCUT2D eigenvalue weighted by Gasteiger charge is 2.34. The maximum absolute atomic E-state index is 10.7. The molecule has 1 aliphatic rings. The van der Waals surface area contributed by atoms with Crippen LogP contribution >= 0.6 is 0 Å². The second kappa shape index (κ2) is 4.02. The van der Waals surface area contributed by atoms with Crippen LogP contribution in [-0.4, -0.2) is 11.1 Å². The van der Waals surface area contributed by atoms with E-state index >= 15 is 0 Å². The van der Waals surface area contributed by atoms with Gasteiger partial charge in [0.15, 0.2) is 0 Å². The monoisotopic (exact) mass is 230 g/mol. The SMILES string of the molecule is CC1=C(CCC(=O)O)c2ccccc2C1(C)C. The summed E-state index contributed by atoms with van der Waals surface area (Å²) in [6, 6.07) is 8.32. The minimum atomic E-state index is -0.729. The molecule has 0 saturated heterocycles. The molecule has 0 spiro atoms. The molecule has 2 rings (SSSR count). The van der Waals surface area contributed by atoms with Crippen molar-refractivity contribution in [2.45, 2.75) is 39.0 Å². The molecule has 1 aromatic carbocycles. The van der Waals surface area contributed by atoms with Gasteiger partial charge in [0.1, 0.15) is 0 Å². The van der Waals surface area contributed by atoms with Gasteiger partial charge in [-0.2, -0.15) is 0 Å². The first kappa shape index (κ1) is 11.9. The van der Waals surface area contributed by atoms with Crippen molar-refractivity contribution in [2.24, 2.45) is 0 Å². The average Bonchev–Trinajstić information content (AvgIpc) is 2.47. The number of fused-ring (bicyclic) bond motifs is 1. The van der Waals surface area contributed by atoms with Crippen LogP contribution in [-0.2, 0) is 10.2 Å². The Morgan fingerprint density at radius 1 is 1.29 bits per heavy atom. The average molecular weight is 230 g/mol. The quantitative estimate of drug-likeness (QED) is 0.861. The summed E-state index contributed by atoms with van der Waals surface area (Å²) in [5, 5.41) is 8.82. The Bertz CT molecular complexity index is 495. The van der Waals surface area contributed by atoms with Gasteiger partial charge in [-0.25, -0.2) is 0 Å². The molecule has 1 aromatic rings. The molecular weight excluding hydrogens is 212 g/mol. The van der Waals surface area contributed by atoms with E-state index in [0.29, 0.717) is 6.42 Å². The molecule has 0 aliphatic heterocycles. The van der Waals surface area contributed by atoms with E-state index in [9.17, 15) is 4.79 Å². The molecule has 1 N–H and O–H groups in total. The predicted octanol–water partition coefficient (Wildman–Crippen LogP) is 3.62. The molecule has 0 saturated carbocycles. The second-order valence-electron chi connectivity index (χ2n) is 5.17. The fourth-order valence-corrected chi connectivity index (χ4v) is 2.63. The van der Waals surface area contributed by atoms with Gasteiger partial charge < -0.3 is 5.11 Å². The van der Waals surface area contributed by atoms with Gasteiger partial charge in [0, 0.05) is 11.8 Å². The number of aliphatic carboxylic acids is 1. The lowest BCUT2D eigenvalue weighted by molar-refractivity contribution is -0.136. The van der Waals surface area contributed by atoms with Crippen LogP contribution in [0.15, 0.2) is 29.8 Å². The van der Waals surface area contributed by atoms with Crippen molar-refractivity contribution < 1.29 is 9.90 Å². The van der Waals surface area contributed by atoms with Crippen LogP contribution in [0.1, 0.15) is 44.7 Å². The van der Waals surface area contributed by atoms with Gasteiger partial charge >= 0.3 is 5.97 Å². The molecule has 0 bridgehead atoms. The summed E-state index contributed by atoms with van der Waals surface area (Å²) in [4.78, 5) is 10.7. The molecule has 0 atom stereocenters. The van der Waals surface area contributed by atoms with E-state index in [1.807, 2.05) is 12.1 Å². The van der Waals surface area contributed by atoms with Gasteiger partial charge in [0.2, 0.25) is 0 Å². The lowest BCUT2D eigenvalue weighted by Crippen LogP contribution is -2.15. The maximum Gasteiger partial charge on any atom is 0.303 e. The molecule has 0 fully saturated rings. The second-order valence-corrected chi connectivity index (χ2v) is 5.17. The fourth-order valence-electron chi connectivity index (χ4n) is 2.63. The molecule has 17 heavy (non-hydrogen) atoms. The number of hydrogen-bond donors (Lipinski definition) is 1. The van der Waals surface area contributed by atoms with Gasteiger partial charge in [-0.1, -0.05) is 43.7 Å². The first-order chi connectivity index (χ1) is 7.94. The highest BCUT2D eigenvalue weighted by Crippen LogP contribution is 2.47. The lowest BCUT2D eigenvalue weighted by Gasteiger charge is -2.22. The molecule has 0 amide bonds. The van der Waals surface area contributed by atoms with Crippen molar-refractivity contribution in [2.75, 3.05) is 0 Å². The summed E-state index contributed by atoms with van der Waals surface area (Å²) >= 11 is 0. The molecule has 1 aliphatic carbocycles. The molecule has 0 radical (unpaired) electrons. The van der Waals surface area contributed by atoms with E-state index in [1.54, 1.807) is 0 Å². The van der Waals surface area contributed by atoms with Crippen molar-refractivity contribution in [1.29, 1.82) is 0 Å². The smallest absolute Gasteiger partial charge is 0.303 e. The predicted molar refractivity (Wildman–Crippen MR) is 68.9 cm³/mol. The molecule has 2 heteroatoms. The highest BCUT2D eigenvalue weighted by molar-refractivity contribution is 5.81. The standard InChI is InChI=1S/C15H18O2/c1-10-11(8-9-14(16)17)12-6-4-5-7-13(12)15(10,2)3/h4-7H,8-9H2,1-3H3,(H,16,17). The van der Waals surface area contributed by atoms with Crippen LogP contribution in [0.4, 0.5) is 0 Å². The van der Waals surface area contributed by atoms with E-state index < -0.39 is 5.97 Å². The van der Waals surface area contributed by atoms with Crippen LogP contribution in [0.5, 0.6) is 0 Å². The number of hydrogen-bond acceptors (Lipinski definition) is 1. The zero-order chi connectivity index (χ0) is 12.6. The largest absolute Gasteiger partial charge is 0.481 e. The molecule has 0 unspecified atom stereocenters. The van der Waals surface area contributed by atoms with Crippen molar-refractivity contribution in [3.63, 3.8) is 0 Å². The number of carboxylic acid groups (broad SMARTS) is 1. The van der Waals surface area contributed by atoms with Crippen LogP contribution in [0.2, 0.25) is 0 Å². The number of benzene rings is 1. The molecule has 0 aromatic heterocycles. The molecule has 0 heterocycles. The van der Waals surface area contributed by atoms with Gasteiger partial charge in [0.05, 0.1) is 0 Å².